The molecule has 0 bridgehead atoms. The molecule has 1 amide bonds. The summed E-state index contributed by atoms with van der Waals surface area (Å²) in [6.07, 6.45) is 0. The number of anilines is 1. The molecule has 1 atom stereocenters. The van der Waals surface area contributed by atoms with E-state index in [0.717, 1.165) is 0 Å². The van der Waals surface area contributed by atoms with Crippen LogP contribution in [0.5, 0.6) is 0 Å². The first-order valence-electron chi connectivity index (χ1n) is 5.99. The van der Waals surface area contributed by atoms with E-state index in [1.165, 1.54) is 12.1 Å². The number of primary amides is 1. The molecule has 0 aromatic heterocycles. The Morgan fingerprint density at radius 2 is 2.11 bits per heavy atom. The summed E-state index contributed by atoms with van der Waals surface area (Å²) in [5.41, 5.74) is 11.3. The van der Waals surface area contributed by atoms with E-state index in [-0.39, 0.29) is 5.56 Å². The van der Waals surface area contributed by atoms with Crippen LogP contribution in [0, 0.1) is 17.7 Å². The summed E-state index contributed by atoms with van der Waals surface area (Å²) in [5, 5.41) is 3.15. The molecule has 0 saturated heterocycles. The molecular formula is C13H20FN3O. The number of halogens is 1. The lowest BCUT2D eigenvalue weighted by Gasteiger charge is -2.20. The normalized spacial score (nSPS) is 12.5. The van der Waals surface area contributed by atoms with E-state index >= 15 is 0 Å². The van der Waals surface area contributed by atoms with Gasteiger partial charge in [-0.25, -0.2) is 4.39 Å². The lowest BCUT2D eigenvalue weighted by molar-refractivity contribution is 0.0996. The van der Waals surface area contributed by atoms with Gasteiger partial charge in [-0.05, 0) is 36.6 Å². The van der Waals surface area contributed by atoms with Crippen molar-refractivity contribution in [2.24, 2.45) is 23.3 Å². The summed E-state index contributed by atoms with van der Waals surface area (Å²) >= 11 is 0. The molecule has 0 saturated carbocycles. The minimum atomic E-state index is -0.768. The van der Waals surface area contributed by atoms with Crippen molar-refractivity contribution in [3.63, 3.8) is 0 Å². The zero-order chi connectivity index (χ0) is 13.7. The van der Waals surface area contributed by atoms with Gasteiger partial charge in [0.25, 0.3) is 5.91 Å². The van der Waals surface area contributed by atoms with Crippen LogP contribution in [0.3, 0.4) is 0 Å². The highest BCUT2D eigenvalue weighted by atomic mass is 19.1. The zero-order valence-corrected chi connectivity index (χ0v) is 10.7. The molecule has 100 valence electrons. The van der Waals surface area contributed by atoms with Crippen LogP contribution in [-0.4, -0.2) is 19.0 Å². The van der Waals surface area contributed by atoms with E-state index in [9.17, 15) is 9.18 Å². The van der Waals surface area contributed by atoms with E-state index in [1.54, 1.807) is 6.07 Å². The van der Waals surface area contributed by atoms with Crippen molar-refractivity contribution in [1.29, 1.82) is 0 Å². The largest absolute Gasteiger partial charge is 0.385 e. The summed E-state index contributed by atoms with van der Waals surface area (Å²) in [4.78, 5) is 11.0. The number of hydrogen-bond donors (Lipinski definition) is 3. The first-order valence-corrected chi connectivity index (χ1v) is 5.99. The molecule has 1 rings (SSSR count). The molecule has 0 radical (unpaired) electrons. The first kappa shape index (κ1) is 14.4. The van der Waals surface area contributed by atoms with Gasteiger partial charge in [0.15, 0.2) is 0 Å². The van der Waals surface area contributed by atoms with Crippen LogP contribution in [0.25, 0.3) is 0 Å². The molecule has 0 aliphatic heterocycles. The SMILES string of the molecule is CC(C)C(CN)CNc1ccc(F)c(C(N)=O)c1. The molecule has 5 N–H and O–H groups in total. The number of nitrogens with one attached hydrogen (secondary N) is 1. The quantitative estimate of drug-likeness (QED) is 0.719. The number of hydrogen-bond acceptors (Lipinski definition) is 3. The smallest absolute Gasteiger partial charge is 0.251 e. The number of nitrogens with two attached hydrogens (primary N) is 2. The van der Waals surface area contributed by atoms with Gasteiger partial charge in [0.2, 0.25) is 0 Å². The summed E-state index contributed by atoms with van der Waals surface area (Å²) < 4.78 is 13.3. The average molecular weight is 253 g/mol. The summed E-state index contributed by atoms with van der Waals surface area (Å²) in [6, 6.07) is 4.23. The second kappa shape index (κ2) is 6.35. The maximum atomic E-state index is 13.3. The number of carbonyl (C=O) groups is 1. The van der Waals surface area contributed by atoms with Gasteiger partial charge in [0.05, 0.1) is 5.56 Å². The molecule has 0 aliphatic rings. The zero-order valence-electron chi connectivity index (χ0n) is 10.7. The highest BCUT2D eigenvalue weighted by molar-refractivity contribution is 5.94. The van der Waals surface area contributed by atoms with Crippen molar-refractivity contribution in [2.75, 3.05) is 18.4 Å². The van der Waals surface area contributed by atoms with Crippen LogP contribution < -0.4 is 16.8 Å². The fraction of sp³-hybridized carbons (Fsp3) is 0.462. The van der Waals surface area contributed by atoms with Crippen molar-refractivity contribution < 1.29 is 9.18 Å². The van der Waals surface area contributed by atoms with Gasteiger partial charge >= 0.3 is 0 Å². The van der Waals surface area contributed by atoms with E-state index in [1.807, 2.05) is 0 Å². The van der Waals surface area contributed by atoms with Crippen LogP contribution in [-0.2, 0) is 0 Å². The Balaban J connectivity index is 2.74. The minimum absolute atomic E-state index is 0.103. The second-order valence-electron chi connectivity index (χ2n) is 4.68. The molecule has 0 spiro atoms. The van der Waals surface area contributed by atoms with Crippen LogP contribution >= 0.6 is 0 Å². The van der Waals surface area contributed by atoms with Crippen LogP contribution in [0.15, 0.2) is 18.2 Å². The van der Waals surface area contributed by atoms with Gasteiger partial charge in [-0.3, -0.25) is 4.79 Å². The molecule has 0 aliphatic carbocycles. The molecule has 1 unspecified atom stereocenters. The van der Waals surface area contributed by atoms with Crippen LogP contribution in [0.4, 0.5) is 10.1 Å². The maximum absolute atomic E-state index is 13.3. The van der Waals surface area contributed by atoms with Crippen LogP contribution in [0.1, 0.15) is 24.2 Å². The molecular weight excluding hydrogens is 233 g/mol. The molecule has 5 heteroatoms. The lowest BCUT2D eigenvalue weighted by atomic mass is 9.96. The van der Waals surface area contributed by atoms with Crippen molar-refractivity contribution >= 4 is 11.6 Å². The molecule has 4 nitrogen and oxygen atoms in total. The maximum Gasteiger partial charge on any atom is 0.251 e. The molecule has 18 heavy (non-hydrogen) atoms. The second-order valence-corrected chi connectivity index (χ2v) is 4.68. The molecule has 0 heterocycles. The van der Waals surface area contributed by atoms with Crippen molar-refractivity contribution in [2.45, 2.75) is 13.8 Å². The van der Waals surface area contributed by atoms with Gasteiger partial charge in [-0.1, -0.05) is 13.8 Å². The Morgan fingerprint density at radius 3 is 2.61 bits per heavy atom. The summed E-state index contributed by atoms with van der Waals surface area (Å²) in [7, 11) is 0. The standard InChI is InChI=1S/C13H20FN3O/c1-8(2)9(6-15)7-17-10-3-4-12(14)11(5-10)13(16)18/h3-5,8-9,17H,6-7,15H2,1-2H3,(H2,16,18). The van der Waals surface area contributed by atoms with Gasteiger partial charge in [0.1, 0.15) is 5.82 Å². The molecule has 1 aromatic carbocycles. The van der Waals surface area contributed by atoms with Gasteiger partial charge in [0, 0.05) is 12.2 Å². The minimum Gasteiger partial charge on any atom is -0.385 e. The predicted molar refractivity (Wildman–Crippen MR) is 70.8 cm³/mol. The first-order chi connectivity index (χ1) is 8.45. The molecule has 0 fully saturated rings. The highest BCUT2D eigenvalue weighted by Gasteiger charge is 2.12. The summed E-state index contributed by atoms with van der Waals surface area (Å²) in [6.45, 7) is 5.45. The average Bonchev–Trinajstić information content (AvgIpc) is 2.31. The number of amides is 1. The Hall–Kier alpha value is -1.62. The van der Waals surface area contributed by atoms with Gasteiger partial charge in [-0.15, -0.1) is 0 Å². The third-order valence-corrected chi connectivity index (χ3v) is 3.05. The Morgan fingerprint density at radius 1 is 1.44 bits per heavy atom. The van der Waals surface area contributed by atoms with E-state index < -0.39 is 11.7 Å². The lowest BCUT2D eigenvalue weighted by Crippen LogP contribution is -2.27. The third-order valence-electron chi connectivity index (χ3n) is 3.05. The van der Waals surface area contributed by atoms with Crippen LogP contribution in [0.2, 0.25) is 0 Å². The highest BCUT2D eigenvalue weighted by Crippen LogP contribution is 2.16. The number of rotatable bonds is 6. The van der Waals surface area contributed by atoms with E-state index in [4.69, 9.17) is 11.5 Å². The Labute approximate surface area is 107 Å². The Kier molecular flexibility index (Phi) is 5.09. The number of carbonyl (C=O) groups excluding carboxylic acids is 1. The van der Waals surface area contributed by atoms with Crippen molar-refractivity contribution in [1.82, 2.24) is 0 Å². The van der Waals surface area contributed by atoms with E-state index in [2.05, 4.69) is 19.2 Å². The van der Waals surface area contributed by atoms with Crippen molar-refractivity contribution in [3.8, 4) is 0 Å². The van der Waals surface area contributed by atoms with E-state index in [0.29, 0.717) is 30.6 Å². The third kappa shape index (κ3) is 3.70. The fourth-order valence-electron chi connectivity index (χ4n) is 1.66. The summed E-state index contributed by atoms with van der Waals surface area (Å²) in [5.74, 6) is -0.590. The predicted octanol–water partition coefficient (Wildman–Crippen LogP) is 1.57. The Bertz CT molecular complexity index is 421. The molecule has 1 aromatic rings. The van der Waals surface area contributed by atoms with Crippen molar-refractivity contribution in [3.05, 3.63) is 29.6 Å². The number of benzene rings is 1. The topological polar surface area (TPSA) is 81.1 Å². The van der Waals surface area contributed by atoms with Gasteiger partial charge in [-0.2, -0.15) is 0 Å². The fourth-order valence-corrected chi connectivity index (χ4v) is 1.66. The monoisotopic (exact) mass is 253 g/mol. The van der Waals surface area contributed by atoms with Gasteiger partial charge < -0.3 is 16.8 Å².